The van der Waals surface area contributed by atoms with Crippen LogP contribution in [0.2, 0.25) is 0 Å². The normalized spacial score (nSPS) is 11.8. The van der Waals surface area contributed by atoms with Crippen LogP contribution in [-0.4, -0.2) is 20.9 Å². The van der Waals surface area contributed by atoms with Crippen molar-refractivity contribution < 1.29 is 23.0 Å². The average Bonchev–Trinajstić information content (AvgIpc) is 2.88. The minimum absolute atomic E-state index is 0.496. The molecule has 0 unspecified atom stereocenters. The van der Waals surface area contributed by atoms with Crippen molar-refractivity contribution in [2.45, 2.75) is 13.3 Å². The van der Waals surface area contributed by atoms with Crippen LogP contribution in [0.3, 0.4) is 0 Å². The van der Waals surface area contributed by atoms with E-state index in [2.05, 4.69) is 9.72 Å². The van der Waals surface area contributed by atoms with Gasteiger partial charge in [0.2, 0.25) is 0 Å². The maximum Gasteiger partial charge on any atom is 0.573 e. The molecule has 0 saturated carbocycles. The summed E-state index contributed by atoms with van der Waals surface area (Å²) in [7, 11) is 0. The van der Waals surface area contributed by atoms with Gasteiger partial charge in [0, 0.05) is 18.6 Å². The first-order valence-electron chi connectivity index (χ1n) is 6.36. The molecule has 2 heterocycles. The molecule has 0 aliphatic carbocycles. The molecule has 3 rings (SSSR count). The molecule has 1 aromatic carbocycles. The van der Waals surface area contributed by atoms with Gasteiger partial charge in [-0.2, -0.15) is 0 Å². The monoisotopic (exact) mass is 308 g/mol. The van der Waals surface area contributed by atoms with Crippen molar-refractivity contribution >= 4 is 5.65 Å². The number of pyridine rings is 1. The number of rotatable bonds is 2. The number of alkyl halides is 3. The summed E-state index contributed by atoms with van der Waals surface area (Å²) in [5.41, 5.74) is 2.84. The predicted octanol–water partition coefficient (Wildman–Crippen LogP) is 3.91. The summed E-state index contributed by atoms with van der Waals surface area (Å²) in [6.07, 6.45) is 0.278. The standard InChI is InChI=1S/C15H11F3N2O2/c1-9-6-11(8-20-5-4-19-14(9)20)10-2-3-12(21)13(7-10)22-15(16,17)18/h2-8,21H,1H3. The van der Waals surface area contributed by atoms with Crippen LogP contribution >= 0.6 is 0 Å². The van der Waals surface area contributed by atoms with Gasteiger partial charge in [-0.3, -0.25) is 0 Å². The Bertz CT molecular complexity index is 840. The zero-order valence-corrected chi connectivity index (χ0v) is 11.4. The fourth-order valence-corrected chi connectivity index (χ4v) is 2.27. The third-order valence-corrected chi connectivity index (χ3v) is 3.19. The van der Waals surface area contributed by atoms with E-state index in [0.29, 0.717) is 11.1 Å². The second-order valence-corrected chi connectivity index (χ2v) is 4.80. The Morgan fingerprint density at radius 3 is 2.68 bits per heavy atom. The lowest BCUT2D eigenvalue weighted by molar-refractivity contribution is -0.275. The first kappa shape index (κ1) is 14.2. The largest absolute Gasteiger partial charge is 0.573 e. The molecular formula is C15H11F3N2O2. The van der Waals surface area contributed by atoms with E-state index < -0.39 is 17.9 Å². The molecule has 114 valence electrons. The molecular weight excluding hydrogens is 297 g/mol. The summed E-state index contributed by atoms with van der Waals surface area (Å²) >= 11 is 0. The summed E-state index contributed by atoms with van der Waals surface area (Å²) in [5, 5.41) is 9.50. The van der Waals surface area contributed by atoms with Crippen molar-refractivity contribution in [2.75, 3.05) is 0 Å². The third kappa shape index (κ3) is 2.69. The highest BCUT2D eigenvalue weighted by molar-refractivity contribution is 5.69. The number of phenolic OH excluding ortho intramolecular Hbond substituents is 1. The lowest BCUT2D eigenvalue weighted by atomic mass is 10.1. The number of nitrogens with zero attached hydrogens (tertiary/aromatic N) is 2. The molecule has 22 heavy (non-hydrogen) atoms. The van der Waals surface area contributed by atoms with E-state index in [4.69, 9.17) is 0 Å². The van der Waals surface area contributed by atoms with Gasteiger partial charge in [-0.25, -0.2) is 4.98 Å². The first-order chi connectivity index (χ1) is 10.3. The summed E-state index contributed by atoms with van der Waals surface area (Å²) in [6.45, 7) is 1.86. The van der Waals surface area contributed by atoms with Crippen molar-refractivity contribution in [3.63, 3.8) is 0 Å². The fourth-order valence-electron chi connectivity index (χ4n) is 2.27. The first-order valence-corrected chi connectivity index (χ1v) is 6.36. The van der Waals surface area contributed by atoms with E-state index in [1.807, 2.05) is 13.0 Å². The summed E-state index contributed by atoms with van der Waals surface area (Å²) in [6, 6.07) is 5.66. The summed E-state index contributed by atoms with van der Waals surface area (Å²) in [4.78, 5) is 4.18. The zero-order chi connectivity index (χ0) is 15.9. The fraction of sp³-hybridized carbons (Fsp3) is 0.133. The Morgan fingerprint density at radius 1 is 1.18 bits per heavy atom. The molecule has 2 aromatic heterocycles. The van der Waals surface area contributed by atoms with Crippen LogP contribution in [0.1, 0.15) is 5.56 Å². The minimum Gasteiger partial charge on any atom is -0.504 e. The molecule has 1 N–H and O–H groups in total. The van der Waals surface area contributed by atoms with Crippen LogP contribution in [0.25, 0.3) is 16.8 Å². The third-order valence-electron chi connectivity index (χ3n) is 3.19. The number of hydrogen-bond donors (Lipinski definition) is 1. The van der Waals surface area contributed by atoms with Gasteiger partial charge in [0.05, 0.1) is 0 Å². The van der Waals surface area contributed by atoms with E-state index in [9.17, 15) is 18.3 Å². The lowest BCUT2D eigenvalue weighted by Crippen LogP contribution is -2.17. The van der Waals surface area contributed by atoms with Crippen LogP contribution < -0.4 is 4.74 Å². The lowest BCUT2D eigenvalue weighted by Gasteiger charge is -2.12. The van der Waals surface area contributed by atoms with Gasteiger partial charge >= 0.3 is 6.36 Å². The van der Waals surface area contributed by atoms with E-state index in [0.717, 1.165) is 17.3 Å². The molecule has 0 fully saturated rings. The smallest absolute Gasteiger partial charge is 0.504 e. The van der Waals surface area contributed by atoms with E-state index in [-0.39, 0.29) is 0 Å². The van der Waals surface area contributed by atoms with Gasteiger partial charge in [-0.15, -0.1) is 13.2 Å². The second-order valence-electron chi connectivity index (χ2n) is 4.80. The van der Waals surface area contributed by atoms with E-state index in [1.54, 1.807) is 23.0 Å². The predicted molar refractivity (Wildman–Crippen MR) is 73.7 cm³/mol. The summed E-state index contributed by atoms with van der Waals surface area (Å²) < 4.78 is 42.6. The number of imidazole rings is 1. The van der Waals surface area contributed by atoms with Crippen molar-refractivity contribution in [3.05, 3.63) is 48.4 Å². The molecule has 3 aromatic rings. The number of ether oxygens (including phenoxy) is 1. The topological polar surface area (TPSA) is 46.8 Å². The number of benzene rings is 1. The molecule has 4 nitrogen and oxygen atoms in total. The SMILES string of the molecule is Cc1cc(-c2ccc(O)c(OC(F)(F)F)c2)cn2ccnc12. The molecule has 0 atom stereocenters. The van der Waals surface area contributed by atoms with E-state index >= 15 is 0 Å². The van der Waals surface area contributed by atoms with Crippen LogP contribution in [0.15, 0.2) is 42.9 Å². The molecule has 0 radical (unpaired) electrons. The zero-order valence-electron chi connectivity index (χ0n) is 11.4. The maximum atomic E-state index is 12.3. The number of aromatic hydroxyl groups is 1. The van der Waals surface area contributed by atoms with Crippen molar-refractivity contribution in [2.24, 2.45) is 0 Å². The Balaban J connectivity index is 2.08. The van der Waals surface area contributed by atoms with Crippen LogP contribution in [0, 0.1) is 6.92 Å². The highest BCUT2D eigenvalue weighted by Gasteiger charge is 2.32. The molecule has 0 saturated heterocycles. The Kier molecular flexibility index (Phi) is 3.20. The highest BCUT2D eigenvalue weighted by atomic mass is 19.4. The highest BCUT2D eigenvalue weighted by Crippen LogP contribution is 2.35. The molecule has 0 amide bonds. The number of phenols is 1. The number of aryl methyl sites for hydroxylation is 1. The molecule has 0 spiro atoms. The number of halogens is 3. The van der Waals surface area contributed by atoms with Crippen LogP contribution in [0.5, 0.6) is 11.5 Å². The second kappa shape index (κ2) is 4.94. The van der Waals surface area contributed by atoms with Gasteiger partial charge in [-0.1, -0.05) is 6.07 Å². The van der Waals surface area contributed by atoms with Gasteiger partial charge in [0.25, 0.3) is 0 Å². The maximum absolute atomic E-state index is 12.3. The Morgan fingerprint density at radius 2 is 1.95 bits per heavy atom. The van der Waals surface area contributed by atoms with Crippen LogP contribution in [-0.2, 0) is 0 Å². The van der Waals surface area contributed by atoms with Crippen LogP contribution in [0.4, 0.5) is 13.2 Å². The number of hydrogen-bond acceptors (Lipinski definition) is 3. The Hall–Kier alpha value is -2.70. The molecule has 0 aliphatic heterocycles. The van der Waals surface area contributed by atoms with Gasteiger partial charge < -0.3 is 14.2 Å². The van der Waals surface area contributed by atoms with Crippen molar-refractivity contribution in [1.82, 2.24) is 9.38 Å². The Labute approximate surface area is 123 Å². The number of fused-ring (bicyclic) bond motifs is 1. The molecule has 0 bridgehead atoms. The summed E-state index contributed by atoms with van der Waals surface area (Å²) in [5.74, 6) is -1.20. The van der Waals surface area contributed by atoms with Gasteiger partial charge in [0.1, 0.15) is 5.65 Å². The van der Waals surface area contributed by atoms with Crippen molar-refractivity contribution in [1.29, 1.82) is 0 Å². The molecule has 0 aliphatic rings. The van der Waals surface area contributed by atoms with Gasteiger partial charge in [-0.05, 0) is 41.8 Å². The average molecular weight is 308 g/mol. The quantitative estimate of drug-likeness (QED) is 0.780. The van der Waals surface area contributed by atoms with Gasteiger partial charge in [0.15, 0.2) is 11.5 Å². The molecule has 7 heteroatoms. The van der Waals surface area contributed by atoms with Crippen molar-refractivity contribution in [3.8, 4) is 22.6 Å². The van der Waals surface area contributed by atoms with E-state index in [1.165, 1.54) is 12.1 Å². The number of aromatic nitrogens is 2. The minimum atomic E-state index is -4.86.